The van der Waals surface area contributed by atoms with Crippen LogP contribution in [0.4, 0.5) is 11.4 Å². The molecule has 8 nitrogen and oxygen atoms in total. The molecule has 1 saturated carbocycles. The van der Waals surface area contributed by atoms with Gasteiger partial charge in [-0.1, -0.05) is 12.1 Å². The van der Waals surface area contributed by atoms with Crippen LogP contribution in [0.15, 0.2) is 41.2 Å². The van der Waals surface area contributed by atoms with E-state index in [4.69, 9.17) is 9.47 Å². The molecule has 0 bridgehead atoms. The van der Waals surface area contributed by atoms with E-state index in [1.807, 2.05) is 41.8 Å². The maximum absolute atomic E-state index is 13.0. The Balaban J connectivity index is 1.29. The first-order valence-corrected chi connectivity index (χ1v) is 12.1. The van der Waals surface area contributed by atoms with Crippen molar-refractivity contribution in [1.82, 2.24) is 9.55 Å². The van der Waals surface area contributed by atoms with E-state index < -0.39 is 0 Å². The summed E-state index contributed by atoms with van der Waals surface area (Å²) in [4.78, 5) is 31.3. The zero-order valence-corrected chi connectivity index (χ0v) is 19.8. The Morgan fingerprint density at radius 2 is 1.88 bits per heavy atom. The number of nitrogens with zero attached hydrogens (tertiary/aromatic N) is 2. The second-order valence-corrected chi connectivity index (χ2v) is 9.25. The lowest BCUT2D eigenvalue weighted by atomic mass is 9.85. The van der Waals surface area contributed by atoms with Crippen molar-refractivity contribution in [3.8, 4) is 5.75 Å². The number of methoxy groups -OCH3 is 1. The molecule has 0 unspecified atom stereocenters. The maximum Gasteiger partial charge on any atom is 0.326 e. The Bertz CT molecular complexity index is 1230. The van der Waals surface area contributed by atoms with Gasteiger partial charge in [0.1, 0.15) is 5.75 Å². The Hall–Kier alpha value is -3.26. The van der Waals surface area contributed by atoms with Gasteiger partial charge in [-0.25, -0.2) is 4.79 Å². The molecule has 0 spiro atoms. The summed E-state index contributed by atoms with van der Waals surface area (Å²) in [7, 11) is 1.63. The van der Waals surface area contributed by atoms with E-state index in [2.05, 4.69) is 21.3 Å². The fourth-order valence-corrected chi connectivity index (χ4v) is 5.30. The molecule has 1 amide bonds. The highest BCUT2D eigenvalue weighted by Crippen LogP contribution is 2.35. The number of anilines is 2. The van der Waals surface area contributed by atoms with Crippen LogP contribution in [-0.2, 0) is 9.53 Å². The van der Waals surface area contributed by atoms with Gasteiger partial charge in [0.2, 0.25) is 5.91 Å². The normalized spacial score (nSPS) is 20.9. The molecule has 180 valence electrons. The molecule has 1 saturated heterocycles. The topological polar surface area (TPSA) is 88.6 Å². The predicted molar refractivity (Wildman–Crippen MR) is 133 cm³/mol. The number of carbonyl (C=O) groups is 1. The number of carbonyl (C=O) groups excluding carboxylic acids is 1. The number of ether oxygens (including phenoxy) is 2. The summed E-state index contributed by atoms with van der Waals surface area (Å²) >= 11 is 0. The number of nitrogens with one attached hydrogen (secondary N) is 2. The van der Waals surface area contributed by atoms with Gasteiger partial charge in [0.05, 0.1) is 37.0 Å². The van der Waals surface area contributed by atoms with E-state index in [0.29, 0.717) is 13.2 Å². The molecule has 1 aliphatic heterocycles. The van der Waals surface area contributed by atoms with E-state index in [9.17, 15) is 9.59 Å². The van der Waals surface area contributed by atoms with Crippen molar-refractivity contribution in [3.63, 3.8) is 0 Å². The summed E-state index contributed by atoms with van der Waals surface area (Å²) in [6.07, 6.45) is 3.09. The summed E-state index contributed by atoms with van der Waals surface area (Å²) < 4.78 is 12.7. The van der Waals surface area contributed by atoms with Crippen LogP contribution < -0.4 is 20.6 Å². The first-order valence-electron chi connectivity index (χ1n) is 12.1. The summed E-state index contributed by atoms with van der Waals surface area (Å²) in [6.45, 7) is 5.01. The van der Waals surface area contributed by atoms with Crippen LogP contribution in [0.1, 0.15) is 37.3 Å². The lowest BCUT2D eigenvalue weighted by molar-refractivity contribution is -0.121. The number of aromatic amines is 1. The Morgan fingerprint density at radius 1 is 1.12 bits per heavy atom. The van der Waals surface area contributed by atoms with Gasteiger partial charge >= 0.3 is 5.69 Å². The van der Waals surface area contributed by atoms with Gasteiger partial charge in [0.15, 0.2) is 0 Å². The number of benzene rings is 2. The van der Waals surface area contributed by atoms with Crippen molar-refractivity contribution < 1.29 is 14.3 Å². The van der Waals surface area contributed by atoms with Crippen molar-refractivity contribution in [1.29, 1.82) is 0 Å². The SMILES string of the molecule is COc1cc(NC(=O)C2CCC(n3c(=O)[nH]c4c(N5CCOCC5)cccc43)CC2)ccc1C. The number of rotatable bonds is 5. The molecule has 2 aliphatic rings. The first-order chi connectivity index (χ1) is 16.5. The largest absolute Gasteiger partial charge is 0.496 e. The number of aryl methyl sites for hydroxylation is 1. The maximum atomic E-state index is 13.0. The monoisotopic (exact) mass is 464 g/mol. The summed E-state index contributed by atoms with van der Waals surface area (Å²) in [6, 6.07) is 11.9. The number of H-pyrrole nitrogens is 1. The molecule has 0 radical (unpaired) electrons. The van der Waals surface area contributed by atoms with Crippen molar-refractivity contribution in [2.45, 2.75) is 38.6 Å². The summed E-state index contributed by atoms with van der Waals surface area (Å²) in [5, 5.41) is 3.04. The average molecular weight is 465 g/mol. The number of fused-ring (bicyclic) bond motifs is 1. The number of imidazole rings is 1. The molecule has 34 heavy (non-hydrogen) atoms. The van der Waals surface area contributed by atoms with Crippen molar-refractivity contribution in [2.24, 2.45) is 5.92 Å². The molecule has 0 atom stereocenters. The van der Waals surface area contributed by atoms with Crippen LogP contribution in [0, 0.1) is 12.8 Å². The minimum absolute atomic E-state index is 0.0326. The van der Waals surface area contributed by atoms with Gasteiger partial charge in [-0.3, -0.25) is 9.36 Å². The third-order valence-electron chi connectivity index (χ3n) is 7.19. The molecule has 2 aromatic carbocycles. The second-order valence-electron chi connectivity index (χ2n) is 9.25. The Morgan fingerprint density at radius 3 is 2.62 bits per heavy atom. The Labute approximate surface area is 198 Å². The molecular weight excluding hydrogens is 432 g/mol. The fraction of sp³-hybridized carbons (Fsp3) is 0.462. The van der Waals surface area contributed by atoms with Gasteiger partial charge in [0.25, 0.3) is 0 Å². The van der Waals surface area contributed by atoms with Gasteiger partial charge in [0, 0.05) is 36.8 Å². The number of aromatic nitrogens is 2. The first kappa shape index (κ1) is 22.5. The second kappa shape index (κ2) is 9.54. The third-order valence-corrected chi connectivity index (χ3v) is 7.19. The summed E-state index contributed by atoms with van der Waals surface area (Å²) in [5.41, 5.74) is 4.59. The lowest BCUT2D eigenvalue weighted by Gasteiger charge is -2.30. The van der Waals surface area contributed by atoms with Gasteiger partial charge in [-0.15, -0.1) is 0 Å². The number of para-hydroxylation sites is 1. The molecule has 5 rings (SSSR count). The molecule has 2 N–H and O–H groups in total. The Kier molecular flexibility index (Phi) is 6.32. The minimum Gasteiger partial charge on any atom is -0.496 e. The summed E-state index contributed by atoms with van der Waals surface area (Å²) in [5.74, 6) is 0.732. The van der Waals surface area contributed by atoms with Crippen LogP contribution >= 0.6 is 0 Å². The molecule has 2 heterocycles. The smallest absolute Gasteiger partial charge is 0.326 e. The molecule has 3 aromatic rings. The highest BCUT2D eigenvalue weighted by molar-refractivity contribution is 5.93. The third kappa shape index (κ3) is 4.30. The zero-order chi connectivity index (χ0) is 23.7. The van der Waals surface area contributed by atoms with Crippen molar-refractivity contribution in [2.75, 3.05) is 43.6 Å². The lowest BCUT2D eigenvalue weighted by Crippen LogP contribution is -2.36. The van der Waals surface area contributed by atoms with Crippen LogP contribution in [0.2, 0.25) is 0 Å². The molecule has 1 aliphatic carbocycles. The highest BCUT2D eigenvalue weighted by atomic mass is 16.5. The number of amides is 1. The van der Waals surface area contributed by atoms with E-state index in [1.165, 1.54) is 0 Å². The quantitative estimate of drug-likeness (QED) is 0.599. The highest BCUT2D eigenvalue weighted by Gasteiger charge is 2.29. The van der Waals surface area contributed by atoms with Gasteiger partial charge in [-0.05, 0) is 56.4 Å². The van der Waals surface area contributed by atoms with Gasteiger partial charge < -0.3 is 24.7 Å². The number of hydrogen-bond acceptors (Lipinski definition) is 5. The zero-order valence-electron chi connectivity index (χ0n) is 19.8. The molecule has 1 aromatic heterocycles. The van der Waals surface area contributed by atoms with Crippen LogP contribution in [-0.4, -0.2) is 48.9 Å². The predicted octanol–water partition coefficient (Wildman–Crippen LogP) is 3.85. The fourth-order valence-electron chi connectivity index (χ4n) is 5.30. The van der Waals surface area contributed by atoms with E-state index in [1.54, 1.807) is 7.11 Å². The van der Waals surface area contributed by atoms with Crippen molar-refractivity contribution >= 4 is 28.3 Å². The molecule has 2 fully saturated rings. The molecular formula is C26H32N4O4. The average Bonchev–Trinajstić information content (AvgIpc) is 3.21. The van der Waals surface area contributed by atoms with E-state index in [0.717, 1.165) is 72.5 Å². The minimum atomic E-state index is -0.0737. The van der Waals surface area contributed by atoms with Crippen molar-refractivity contribution in [3.05, 3.63) is 52.4 Å². The van der Waals surface area contributed by atoms with E-state index >= 15 is 0 Å². The van der Waals surface area contributed by atoms with E-state index in [-0.39, 0.29) is 23.6 Å². The van der Waals surface area contributed by atoms with Crippen LogP contribution in [0.25, 0.3) is 11.0 Å². The number of hydrogen-bond donors (Lipinski definition) is 2. The van der Waals surface area contributed by atoms with Crippen LogP contribution in [0.5, 0.6) is 5.75 Å². The standard InChI is InChI=1S/C26H32N4O4/c1-17-6-9-19(16-23(17)33-2)27-25(31)18-7-10-20(11-8-18)30-22-5-3-4-21(24(22)28-26(30)32)29-12-14-34-15-13-29/h3-6,9,16,18,20H,7-8,10-15H2,1-2H3,(H,27,31)(H,28,32). The number of morpholine rings is 1. The molecule has 8 heteroatoms. The van der Waals surface area contributed by atoms with Crippen LogP contribution in [0.3, 0.4) is 0 Å². The van der Waals surface area contributed by atoms with Gasteiger partial charge in [-0.2, -0.15) is 0 Å².